The van der Waals surface area contributed by atoms with Gasteiger partial charge < -0.3 is 10.1 Å². The summed E-state index contributed by atoms with van der Waals surface area (Å²) in [5.41, 5.74) is 0.990. The van der Waals surface area contributed by atoms with Gasteiger partial charge in [-0.3, -0.25) is 0 Å². The molecule has 1 fully saturated rings. The second kappa shape index (κ2) is 5.68. The Morgan fingerprint density at radius 2 is 1.93 bits per heavy atom. The van der Waals surface area contributed by atoms with Crippen LogP contribution in [0.2, 0.25) is 0 Å². The second-order valence-corrected chi connectivity index (χ2v) is 4.08. The predicted molar refractivity (Wildman–Crippen MR) is 55.9 cm³/mol. The third kappa shape index (κ3) is 4.30. The van der Waals surface area contributed by atoms with Crippen molar-refractivity contribution in [2.75, 3.05) is 0 Å². The number of hydrogen-bond acceptors (Lipinski definition) is 2. The quantitative estimate of drug-likeness (QED) is 0.691. The highest BCUT2D eigenvalue weighted by Crippen LogP contribution is 2.17. The Kier molecular flexibility index (Phi) is 4.50. The van der Waals surface area contributed by atoms with Crippen molar-refractivity contribution in [1.82, 2.24) is 5.32 Å². The summed E-state index contributed by atoms with van der Waals surface area (Å²) in [6.45, 7) is 3.79. The molecule has 0 bridgehead atoms. The summed E-state index contributed by atoms with van der Waals surface area (Å²) >= 11 is 0. The van der Waals surface area contributed by atoms with Crippen LogP contribution in [0.15, 0.2) is 11.8 Å². The van der Waals surface area contributed by atoms with Crippen molar-refractivity contribution in [2.24, 2.45) is 0 Å². The first-order valence-electron chi connectivity index (χ1n) is 5.29. The van der Waals surface area contributed by atoms with E-state index in [1.54, 1.807) is 0 Å². The van der Waals surface area contributed by atoms with Crippen molar-refractivity contribution < 1.29 is 9.53 Å². The van der Waals surface area contributed by atoms with Crippen molar-refractivity contribution in [1.29, 1.82) is 0 Å². The van der Waals surface area contributed by atoms with Gasteiger partial charge in [-0.05, 0) is 32.3 Å². The van der Waals surface area contributed by atoms with Crippen molar-refractivity contribution in [3.63, 3.8) is 0 Å². The molecule has 1 aliphatic carbocycles. The molecular weight excluding hydrogens is 178 g/mol. The fourth-order valence-electron chi connectivity index (χ4n) is 1.62. The second-order valence-electron chi connectivity index (χ2n) is 4.08. The van der Waals surface area contributed by atoms with E-state index >= 15 is 0 Å². The van der Waals surface area contributed by atoms with Crippen LogP contribution in [0.3, 0.4) is 0 Å². The Bertz CT molecular complexity index is 213. The van der Waals surface area contributed by atoms with E-state index in [0.717, 1.165) is 18.4 Å². The molecule has 1 aliphatic rings. The molecule has 3 heteroatoms. The van der Waals surface area contributed by atoms with E-state index in [4.69, 9.17) is 4.74 Å². The number of carbonyl (C=O) groups excluding carboxylic acids is 1. The van der Waals surface area contributed by atoms with Gasteiger partial charge in [0.2, 0.25) is 0 Å². The summed E-state index contributed by atoms with van der Waals surface area (Å²) in [7, 11) is 0. The number of ether oxygens (including phenoxy) is 1. The van der Waals surface area contributed by atoms with E-state index < -0.39 is 0 Å². The number of rotatable bonds is 2. The molecule has 0 heterocycles. The highest BCUT2D eigenvalue weighted by Gasteiger charge is 2.15. The molecule has 1 saturated carbocycles. The molecule has 0 atom stereocenters. The molecule has 0 unspecified atom stereocenters. The molecule has 0 saturated heterocycles. The zero-order valence-corrected chi connectivity index (χ0v) is 9.01. The number of alkyl carbamates (subject to hydrolysis) is 1. The molecule has 0 aromatic rings. The molecule has 14 heavy (non-hydrogen) atoms. The van der Waals surface area contributed by atoms with E-state index in [9.17, 15) is 4.79 Å². The lowest BCUT2D eigenvalue weighted by molar-refractivity contribution is 0.176. The summed E-state index contributed by atoms with van der Waals surface area (Å²) in [6.07, 6.45) is 7.06. The number of amides is 1. The van der Waals surface area contributed by atoms with Crippen molar-refractivity contribution in [3.8, 4) is 0 Å². The van der Waals surface area contributed by atoms with Crippen molar-refractivity contribution in [3.05, 3.63) is 11.8 Å². The van der Waals surface area contributed by atoms with E-state index in [2.05, 4.69) is 5.32 Å². The first kappa shape index (κ1) is 11.1. The van der Waals surface area contributed by atoms with Crippen LogP contribution in [-0.2, 0) is 4.74 Å². The van der Waals surface area contributed by atoms with E-state index in [1.165, 1.54) is 25.5 Å². The number of allylic oxidation sites excluding steroid dienone is 1. The lowest BCUT2D eigenvalue weighted by atomic mass is 9.96. The molecular formula is C11H19NO2. The maximum atomic E-state index is 11.2. The topological polar surface area (TPSA) is 38.3 Å². The molecule has 1 rings (SSSR count). The van der Waals surface area contributed by atoms with Gasteiger partial charge in [0.1, 0.15) is 0 Å². The molecule has 80 valence electrons. The average molecular weight is 197 g/mol. The monoisotopic (exact) mass is 197 g/mol. The zero-order chi connectivity index (χ0) is 10.4. The molecule has 0 aliphatic heterocycles. The average Bonchev–Trinajstić information content (AvgIpc) is 2.16. The van der Waals surface area contributed by atoms with Crippen LogP contribution < -0.4 is 5.32 Å². The molecule has 1 N–H and O–H groups in total. The van der Waals surface area contributed by atoms with Crippen LogP contribution in [0.1, 0.15) is 46.0 Å². The normalized spacial score (nSPS) is 17.3. The lowest BCUT2D eigenvalue weighted by Crippen LogP contribution is -2.35. The first-order chi connectivity index (χ1) is 6.68. The standard InChI is InChI=1S/C11H19NO2/c1-9(2)8-14-11(13)12-10-6-4-3-5-7-10/h8,10H,3-7H2,1-2H3,(H,12,13). The molecule has 3 nitrogen and oxygen atoms in total. The zero-order valence-electron chi connectivity index (χ0n) is 9.01. The van der Waals surface area contributed by atoms with Crippen LogP contribution in [-0.4, -0.2) is 12.1 Å². The van der Waals surface area contributed by atoms with Crippen LogP contribution in [0.25, 0.3) is 0 Å². The number of carbonyl (C=O) groups is 1. The van der Waals surface area contributed by atoms with Gasteiger partial charge in [-0.25, -0.2) is 4.79 Å². The van der Waals surface area contributed by atoms with Crippen LogP contribution in [0, 0.1) is 0 Å². The Labute approximate surface area is 85.5 Å². The first-order valence-corrected chi connectivity index (χ1v) is 5.29. The smallest absolute Gasteiger partial charge is 0.412 e. The van der Waals surface area contributed by atoms with Gasteiger partial charge in [-0.1, -0.05) is 19.3 Å². The summed E-state index contributed by atoms with van der Waals surface area (Å²) < 4.78 is 4.89. The van der Waals surface area contributed by atoms with Crippen LogP contribution >= 0.6 is 0 Å². The number of nitrogens with one attached hydrogen (secondary N) is 1. The minimum atomic E-state index is -0.321. The Hall–Kier alpha value is -0.990. The predicted octanol–water partition coefficient (Wildman–Crippen LogP) is 2.97. The van der Waals surface area contributed by atoms with Crippen molar-refractivity contribution >= 4 is 6.09 Å². The highest BCUT2D eigenvalue weighted by molar-refractivity contribution is 5.68. The van der Waals surface area contributed by atoms with Gasteiger partial charge >= 0.3 is 6.09 Å². The molecule has 0 radical (unpaired) electrons. The largest absolute Gasteiger partial charge is 0.418 e. The van der Waals surface area contributed by atoms with Gasteiger partial charge in [0.15, 0.2) is 0 Å². The van der Waals surface area contributed by atoms with Crippen molar-refractivity contribution in [2.45, 2.75) is 52.0 Å². The third-order valence-corrected chi connectivity index (χ3v) is 2.33. The highest BCUT2D eigenvalue weighted by atomic mass is 16.5. The van der Waals surface area contributed by atoms with Crippen LogP contribution in [0.5, 0.6) is 0 Å². The summed E-state index contributed by atoms with van der Waals surface area (Å²) in [5, 5.41) is 2.87. The van der Waals surface area contributed by atoms with Gasteiger partial charge in [0.25, 0.3) is 0 Å². The SMILES string of the molecule is CC(C)=COC(=O)NC1CCCCC1. The molecule has 0 aromatic carbocycles. The summed E-state index contributed by atoms with van der Waals surface area (Å²) in [4.78, 5) is 11.2. The Balaban J connectivity index is 2.22. The number of hydrogen-bond donors (Lipinski definition) is 1. The van der Waals surface area contributed by atoms with Gasteiger partial charge in [0.05, 0.1) is 6.26 Å². The maximum absolute atomic E-state index is 11.2. The Morgan fingerprint density at radius 1 is 1.29 bits per heavy atom. The Morgan fingerprint density at radius 3 is 2.50 bits per heavy atom. The van der Waals surface area contributed by atoms with Gasteiger partial charge in [-0.15, -0.1) is 0 Å². The van der Waals surface area contributed by atoms with E-state index in [-0.39, 0.29) is 6.09 Å². The van der Waals surface area contributed by atoms with Gasteiger partial charge in [-0.2, -0.15) is 0 Å². The maximum Gasteiger partial charge on any atom is 0.412 e. The summed E-state index contributed by atoms with van der Waals surface area (Å²) in [6, 6.07) is 0.321. The molecule has 0 aromatic heterocycles. The fourth-order valence-corrected chi connectivity index (χ4v) is 1.62. The van der Waals surface area contributed by atoms with Crippen LogP contribution in [0.4, 0.5) is 4.79 Å². The van der Waals surface area contributed by atoms with Gasteiger partial charge in [0, 0.05) is 6.04 Å². The van der Waals surface area contributed by atoms with E-state index in [1.807, 2.05) is 13.8 Å². The minimum absolute atomic E-state index is 0.321. The molecule has 0 spiro atoms. The van der Waals surface area contributed by atoms with E-state index in [0.29, 0.717) is 6.04 Å². The molecule has 1 amide bonds. The lowest BCUT2D eigenvalue weighted by Gasteiger charge is -2.21. The third-order valence-electron chi connectivity index (χ3n) is 2.33. The summed E-state index contributed by atoms with van der Waals surface area (Å²) in [5.74, 6) is 0. The minimum Gasteiger partial charge on any atom is -0.418 e. The fraction of sp³-hybridized carbons (Fsp3) is 0.727.